The van der Waals surface area contributed by atoms with Crippen molar-refractivity contribution >= 4 is 18.3 Å². The fraction of sp³-hybridized carbons (Fsp3) is 0.353. The number of rotatable bonds is 3. The standard InChI is InChI=1S/C17H19BN2O4/c1-16(2)17(3,4)24-18(23-16)12-8-9-13(15(11-12)20(21)22)14-7-5-6-10-19-14/h5-11H,1-4H3. The first kappa shape index (κ1) is 16.6. The fourth-order valence-corrected chi connectivity index (χ4v) is 2.56. The lowest BCUT2D eigenvalue weighted by molar-refractivity contribution is -0.384. The second-order valence-electron chi connectivity index (χ2n) is 6.84. The van der Waals surface area contributed by atoms with Gasteiger partial charge in [0, 0.05) is 12.3 Å². The molecule has 1 aliphatic rings. The molecule has 1 aliphatic heterocycles. The molecule has 124 valence electrons. The molecule has 0 N–H and O–H groups in total. The summed E-state index contributed by atoms with van der Waals surface area (Å²) >= 11 is 0. The molecule has 0 spiro atoms. The maximum absolute atomic E-state index is 11.5. The summed E-state index contributed by atoms with van der Waals surface area (Å²) in [4.78, 5) is 15.3. The summed E-state index contributed by atoms with van der Waals surface area (Å²) in [5.74, 6) is 0. The largest absolute Gasteiger partial charge is 0.495 e. The summed E-state index contributed by atoms with van der Waals surface area (Å²) in [5.41, 5.74) is 0.657. The van der Waals surface area contributed by atoms with Crippen molar-refractivity contribution in [3.8, 4) is 11.3 Å². The van der Waals surface area contributed by atoms with Crippen LogP contribution in [0.3, 0.4) is 0 Å². The molecule has 2 aromatic rings. The number of aromatic nitrogens is 1. The van der Waals surface area contributed by atoms with Gasteiger partial charge in [0.05, 0.1) is 27.4 Å². The van der Waals surface area contributed by atoms with Gasteiger partial charge < -0.3 is 9.31 Å². The Hall–Kier alpha value is -2.25. The van der Waals surface area contributed by atoms with Crippen molar-refractivity contribution in [1.29, 1.82) is 0 Å². The normalized spacial score (nSPS) is 18.6. The molecule has 0 bridgehead atoms. The fourth-order valence-electron chi connectivity index (χ4n) is 2.56. The minimum absolute atomic E-state index is 0.0130. The van der Waals surface area contributed by atoms with Crippen LogP contribution in [0.15, 0.2) is 42.6 Å². The van der Waals surface area contributed by atoms with Gasteiger partial charge in [-0.05, 0) is 51.4 Å². The number of benzene rings is 1. The third-order valence-corrected chi connectivity index (χ3v) is 4.68. The molecular formula is C17H19BN2O4. The van der Waals surface area contributed by atoms with Crippen molar-refractivity contribution in [2.24, 2.45) is 0 Å². The quantitative estimate of drug-likeness (QED) is 0.492. The van der Waals surface area contributed by atoms with Crippen molar-refractivity contribution in [2.75, 3.05) is 0 Å². The number of hydrogen-bond donors (Lipinski definition) is 0. The van der Waals surface area contributed by atoms with Gasteiger partial charge in [0.15, 0.2) is 0 Å². The molecule has 1 saturated heterocycles. The van der Waals surface area contributed by atoms with Gasteiger partial charge in [-0.2, -0.15) is 0 Å². The van der Waals surface area contributed by atoms with Crippen LogP contribution < -0.4 is 5.46 Å². The smallest absolute Gasteiger partial charge is 0.399 e. The molecule has 0 radical (unpaired) electrons. The Kier molecular flexibility index (Phi) is 3.93. The van der Waals surface area contributed by atoms with Gasteiger partial charge in [-0.25, -0.2) is 0 Å². The molecule has 0 atom stereocenters. The molecule has 2 heterocycles. The van der Waals surface area contributed by atoms with Gasteiger partial charge in [-0.3, -0.25) is 15.1 Å². The summed E-state index contributed by atoms with van der Waals surface area (Å²) in [7, 11) is -0.633. The monoisotopic (exact) mass is 326 g/mol. The van der Waals surface area contributed by atoms with Crippen molar-refractivity contribution in [1.82, 2.24) is 4.98 Å². The first-order chi connectivity index (χ1) is 11.2. The molecule has 1 aromatic carbocycles. The molecule has 1 aromatic heterocycles. The van der Waals surface area contributed by atoms with Gasteiger partial charge in [0.25, 0.3) is 5.69 Å². The predicted molar refractivity (Wildman–Crippen MR) is 92.0 cm³/mol. The zero-order chi connectivity index (χ0) is 17.5. The highest BCUT2D eigenvalue weighted by molar-refractivity contribution is 6.62. The highest BCUT2D eigenvalue weighted by Gasteiger charge is 2.52. The first-order valence-electron chi connectivity index (χ1n) is 7.77. The van der Waals surface area contributed by atoms with Crippen LogP contribution in [-0.2, 0) is 9.31 Å². The van der Waals surface area contributed by atoms with Crippen LogP contribution in [0.5, 0.6) is 0 Å². The minimum atomic E-state index is -0.633. The van der Waals surface area contributed by atoms with Gasteiger partial charge >= 0.3 is 7.12 Å². The van der Waals surface area contributed by atoms with E-state index in [4.69, 9.17) is 9.31 Å². The van der Waals surface area contributed by atoms with Crippen molar-refractivity contribution in [3.05, 3.63) is 52.7 Å². The van der Waals surface area contributed by atoms with Crippen LogP contribution in [0.2, 0.25) is 0 Å². The lowest BCUT2D eigenvalue weighted by atomic mass is 9.78. The minimum Gasteiger partial charge on any atom is -0.399 e. The van der Waals surface area contributed by atoms with E-state index in [0.717, 1.165) is 0 Å². The van der Waals surface area contributed by atoms with E-state index in [1.54, 1.807) is 36.5 Å². The van der Waals surface area contributed by atoms with Crippen molar-refractivity contribution < 1.29 is 14.2 Å². The molecular weight excluding hydrogens is 307 g/mol. The molecule has 3 rings (SSSR count). The number of pyridine rings is 1. The van der Waals surface area contributed by atoms with Gasteiger partial charge in [-0.1, -0.05) is 12.1 Å². The van der Waals surface area contributed by atoms with Crippen LogP contribution in [0, 0.1) is 10.1 Å². The van der Waals surface area contributed by atoms with Crippen LogP contribution in [0.25, 0.3) is 11.3 Å². The molecule has 7 heteroatoms. The van der Waals surface area contributed by atoms with Crippen LogP contribution in [-0.4, -0.2) is 28.2 Å². The average molecular weight is 326 g/mol. The lowest BCUT2D eigenvalue weighted by Gasteiger charge is -2.32. The summed E-state index contributed by atoms with van der Waals surface area (Å²) in [6.45, 7) is 7.79. The maximum Gasteiger partial charge on any atom is 0.495 e. The number of nitro benzene ring substituents is 1. The Morgan fingerprint density at radius 2 is 1.75 bits per heavy atom. The SMILES string of the molecule is CC1(C)OB(c2ccc(-c3ccccn3)c([N+](=O)[O-])c2)OC1(C)C. The second-order valence-corrected chi connectivity index (χ2v) is 6.84. The second kappa shape index (κ2) is 5.68. The first-order valence-corrected chi connectivity index (χ1v) is 7.77. The molecule has 24 heavy (non-hydrogen) atoms. The van der Waals surface area contributed by atoms with E-state index >= 15 is 0 Å². The number of hydrogen-bond acceptors (Lipinski definition) is 5. The van der Waals surface area contributed by atoms with E-state index in [-0.39, 0.29) is 5.69 Å². The Morgan fingerprint density at radius 1 is 1.08 bits per heavy atom. The molecule has 1 fully saturated rings. The van der Waals surface area contributed by atoms with E-state index in [9.17, 15) is 10.1 Å². The Bertz CT molecular complexity index is 761. The zero-order valence-electron chi connectivity index (χ0n) is 14.1. The van der Waals surface area contributed by atoms with E-state index in [0.29, 0.717) is 16.7 Å². The van der Waals surface area contributed by atoms with E-state index in [1.165, 1.54) is 6.07 Å². The topological polar surface area (TPSA) is 74.5 Å². The Labute approximate surface area is 141 Å². The van der Waals surface area contributed by atoms with Gasteiger partial charge in [-0.15, -0.1) is 0 Å². The number of nitrogens with zero attached hydrogens (tertiary/aromatic N) is 2. The van der Waals surface area contributed by atoms with E-state index in [2.05, 4.69) is 4.98 Å². The number of nitro groups is 1. The average Bonchev–Trinajstić information content (AvgIpc) is 2.75. The predicted octanol–water partition coefficient (Wildman–Crippen LogP) is 2.96. The summed E-state index contributed by atoms with van der Waals surface area (Å²) < 4.78 is 11.9. The van der Waals surface area contributed by atoms with Crippen LogP contribution in [0.4, 0.5) is 5.69 Å². The summed E-state index contributed by atoms with van der Waals surface area (Å²) in [6.07, 6.45) is 1.61. The van der Waals surface area contributed by atoms with Crippen molar-refractivity contribution in [3.63, 3.8) is 0 Å². The Morgan fingerprint density at radius 3 is 2.29 bits per heavy atom. The zero-order valence-corrected chi connectivity index (χ0v) is 14.1. The van der Waals surface area contributed by atoms with Crippen molar-refractivity contribution in [2.45, 2.75) is 38.9 Å². The maximum atomic E-state index is 11.5. The molecule has 0 unspecified atom stereocenters. The highest BCUT2D eigenvalue weighted by Crippen LogP contribution is 2.37. The van der Waals surface area contributed by atoms with Gasteiger partial charge in [0.1, 0.15) is 0 Å². The highest BCUT2D eigenvalue weighted by atomic mass is 16.7. The van der Waals surface area contributed by atoms with Gasteiger partial charge in [0.2, 0.25) is 0 Å². The summed E-state index contributed by atoms with van der Waals surface area (Å²) in [6, 6.07) is 10.3. The third-order valence-electron chi connectivity index (χ3n) is 4.68. The third kappa shape index (κ3) is 2.81. The van der Waals surface area contributed by atoms with Crippen LogP contribution >= 0.6 is 0 Å². The molecule has 6 nitrogen and oxygen atoms in total. The molecule has 0 saturated carbocycles. The summed E-state index contributed by atoms with van der Waals surface area (Å²) in [5, 5.41) is 11.5. The van der Waals surface area contributed by atoms with E-state index in [1.807, 2.05) is 27.7 Å². The lowest BCUT2D eigenvalue weighted by Crippen LogP contribution is -2.41. The molecule has 0 amide bonds. The molecule has 0 aliphatic carbocycles. The Balaban J connectivity index is 2.01. The van der Waals surface area contributed by atoms with Crippen LogP contribution in [0.1, 0.15) is 27.7 Å². The van der Waals surface area contributed by atoms with E-state index < -0.39 is 23.2 Å².